The highest BCUT2D eigenvalue weighted by atomic mass is 16.7. The molecule has 8 nitrogen and oxygen atoms in total. The molecule has 5 rings (SSSR count). The van der Waals surface area contributed by atoms with E-state index in [1.54, 1.807) is 16.8 Å². The summed E-state index contributed by atoms with van der Waals surface area (Å²) >= 11 is 0. The van der Waals surface area contributed by atoms with Gasteiger partial charge in [-0.2, -0.15) is 5.10 Å². The Bertz CT molecular complexity index is 1270. The zero-order valence-electron chi connectivity index (χ0n) is 17.2. The molecule has 0 aliphatic carbocycles. The van der Waals surface area contributed by atoms with Gasteiger partial charge in [-0.3, -0.25) is 9.78 Å². The fraction of sp³-hybridized carbons (Fsp3) is 0.217. The summed E-state index contributed by atoms with van der Waals surface area (Å²) in [6.07, 6.45) is 1.73. The lowest BCUT2D eigenvalue weighted by Crippen LogP contribution is -2.24. The molecule has 0 saturated carbocycles. The maximum absolute atomic E-state index is 12.9. The van der Waals surface area contributed by atoms with E-state index < -0.39 is 0 Å². The van der Waals surface area contributed by atoms with Crippen LogP contribution in [-0.4, -0.2) is 32.3 Å². The normalized spacial score (nSPS) is 12.5. The standard InChI is InChI=1S/C23H21N5O3/c1-14(2)19-10-18(23(29)25-12-15-6-7-20-21(9-15)31-13-30-20)26-22-11-17(27-28(19)22)16-5-3-4-8-24-16/h3-11,14H,12-13H2,1-2H3,(H,25,29). The number of nitrogens with one attached hydrogen (secondary N) is 1. The zero-order chi connectivity index (χ0) is 21.4. The summed E-state index contributed by atoms with van der Waals surface area (Å²) in [5.41, 5.74) is 4.26. The molecule has 1 aromatic carbocycles. The van der Waals surface area contributed by atoms with Crippen LogP contribution in [0.4, 0.5) is 0 Å². The molecule has 156 valence electrons. The molecule has 1 amide bonds. The van der Waals surface area contributed by atoms with Crippen molar-refractivity contribution in [2.24, 2.45) is 0 Å². The van der Waals surface area contributed by atoms with Crippen LogP contribution in [-0.2, 0) is 6.54 Å². The largest absolute Gasteiger partial charge is 0.454 e. The van der Waals surface area contributed by atoms with E-state index in [-0.39, 0.29) is 18.6 Å². The lowest BCUT2D eigenvalue weighted by atomic mass is 10.1. The number of nitrogens with zero attached hydrogens (tertiary/aromatic N) is 4. The molecule has 0 saturated heterocycles. The Morgan fingerprint density at radius 1 is 1.10 bits per heavy atom. The lowest BCUT2D eigenvalue weighted by molar-refractivity contribution is 0.0945. The predicted molar refractivity (Wildman–Crippen MR) is 114 cm³/mol. The van der Waals surface area contributed by atoms with Gasteiger partial charge < -0.3 is 14.8 Å². The van der Waals surface area contributed by atoms with Crippen LogP contribution in [0.5, 0.6) is 11.5 Å². The molecule has 3 aromatic heterocycles. The summed E-state index contributed by atoms with van der Waals surface area (Å²) in [7, 11) is 0. The van der Waals surface area contributed by atoms with Crippen molar-refractivity contribution < 1.29 is 14.3 Å². The minimum atomic E-state index is -0.248. The molecule has 4 heterocycles. The Balaban J connectivity index is 1.42. The van der Waals surface area contributed by atoms with Gasteiger partial charge in [0, 0.05) is 24.5 Å². The van der Waals surface area contributed by atoms with Crippen molar-refractivity contribution >= 4 is 11.6 Å². The fourth-order valence-corrected chi connectivity index (χ4v) is 3.49. The SMILES string of the molecule is CC(C)c1cc(C(=O)NCc2ccc3c(c2)OCO3)nc2cc(-c3ccccn3)nn12. The number of ether oxygens (including phenoxy) is 2. The second-order valence-corrected chi connectivity index (χ2v) is 7.61. The van der Waals surface area contributed by atoms with E-state index in [1.165, 1.54) is 0 Å². The number of benzene rings is 1. The van der Waals surface area contributed by atoms with Gasteiger partial charge in [0.1, 0.15) is 11.4 Å². The minimum absolute atomic E-state index is 0.155. The Kier molecular flexibility index (Phi) is 4.74. The number of aromatic nitrogens is 4. The van der Waals surface area contributed by atoms with Gasteiger partial charge >= 0.3 is 0 Å². The smallest absolute Gasteiger partial charge is 0.270 e. The highest BCUT2D eigenvalue weighted by Gasteiger charge is 2.18. The fourth-order valence-electron chi connectivity index (χ4n) is 3.49. The Labute approximate surface area is 178 Å². The first-order chi connectivity index (χ1) is 15.1. The molecule has 0 radical (unpaired) electrons. The van der Waals surface area contributed by atoms with Crippen molar-refractivity contribution in [2.45, 2.75) is 26.3 Å². The van der Waals surface area contributed by atoms with E-state index in [0.29, 0.717) is 35.1 Å². The van der Waals surface area contributed by atoms with Crippen molar-refractivity contribution in [1.29, 1.82) is 0 Å². The molecule has 1 aliphatic rings. The van der Waals surface area contributed by atoms with Gasteiger partial charge in [-0.05, 0) is 41.8 Å². The van der Waals surface area contributed by atoms with Gasteiger partial charge in [-0.1, -0.05) is 26.0 Å². The average molecular weight is 415 g/mol. The van der Waals surface area contributed by atoms with Gasteiger partial charge in [0.2, 0.25) is 6.79 Å². The van der Waals surface area contributed by atoms with Gasteiger partial charge in [0.25, 0.3) is 5.91 Å². The Hall–Kier alpha value is -3.94. The van der Waals surface area contributed by atoms with Gasteiger partial charge in [0.15, 0.2) is 17.1 Å². The average Bonchev–Trinajstić information content (AvgIpc) is 3.43. The van der Waals surface area contributed by atoms with E-state index in [2.05, 4.69) is 34.2 Å². The highest BCUT2D eigenvalue weighted by Crippen LogP contribution is 2.32. The predicted octanol–water partition coefficient (Wildman–Crippen LogP) is 3.57. The number of carbonyl (C=O) groups is 1. The summed E-state index contributed by atoms with van der Waals surface area (Å²) in [4.78, 5) is 21.8. The van der Waals surface area contributed by atoms with Crippen LogP contribution < -0.4 is 14.8 Å². The van der Waals surface area contributed by atoms with Crippen molar-refractivity contribution in [2.75, 3.05) is 6.79 Å². The van der Waals surface area contributed by atoms with Gasteiger partial charge in [0.05, 0.1) is 5.69 Å². The summed E-state index contributed by atoms with van der Waals surface area (Å²) in [5.74, 6) is 1.31. The van der Waals surface area contributed by atoms with Crippen LogP contribution in [0.2, 0.25) is 0 Å². The van der Waals surface area contributed by atoms with Crippen molar-refractivity contribution in [1.82, 2.24) is 24.9 Å². The van der Waals surface area contributed by atoms with Crippen LogP contribution >= 0.6 is 0 Å². The summed E-state index contributed by atoms with van der Waals surface area (Å²) in [5, 5.41) is 7.60. The van der Waals surface area contributed by atoms with Gasteiger partial charge in [-0.15, -0.1) is 0 Å². The maximum Gasteiger partial charge on any atom is 0.270 e. The van der Waals surface area contributed by atoms with Crippen LogP contribution in [0.25, 0.3) is 17.0 Å². The number of fused-ring (bicyclic) bond motifs is 2. The van der Waals surface area contributed by atoms with E-state index in [4.69, 9.17) is 9.47 Å². The molecule has 1 N–H and O–H groups in total. The summed E-state index contributed by atoms with van der Waals surface area (Å²) in [6, 6.07) is 14.9. The molecule has 1 aliphatic heterocycles. The maximum atomic E-state index is 12.9. The first-order valence-corrected chi connectivity index (χ1v) is 10.1. The van der Waals surface area contributed by atoms with E-state index >= 15 is 0 Å². The zero-order valence-corrected chi connectivity index (χ0v) is 17.2. The molecule has 0 bridgehead atoms. The number of hydrogen-bond acceptors (Lipinski definition) is 6. The van der Waals surface area contributed by atoms with E-state index in [1.807, 2.05) is 42.5 Å². The first kappa shape index (κ1) is 19.0. The molecule has 4 aromatic rings. The third-order valence-electron chi connectivity index (χ3n) is 5.10. The third-order valence-corrected chi connectivity index (χ3v) is 5.10. The van der Waals surface area contributed by atoms with Crippen LogP contribution in [0, 0.1) is 0 Å². The second-order valence-electron chi connectivity index (χ2n) is 7.61. The second kappa shape index (κ2) is 7.71. The molecule has 0 fully saturated rings. The number of hydrogen-bond donors (Lipinski definition) is 1. The minimum Gasteiger partial charge on any atom is -0.454 e. The van der Waals surface area contributed by atoms with Crippen LogP contribution in [0.1, 0.15) is 41.5 Å². The topological polar surface area (TPSA) is 90.6 Å². The summed E-state index contributed by atoms with van der Waals surface area (Å²) < 4.78 is 12.5. The number of pyridine rings is 1. The highest BCUT2D eigenvalue weighted by molar-refractivity contribution is 5.93. The molecular formula is C23H21N5O3. The van der Waals surface area contributed by atoms with E-state index in [9.17, 15) is 4.79 Å². The molecule has 0 spiro atoms. The molecule has 0 unspecified atom stereocenters. The molecule has 0 atom stereocenters. The van der Waals surface area contributed by atoms with E-state index in [0.717, 1.165) is 17.0 Å². The Morgan fingerprint density at radius 3 is 2.77 bits per heavy atom. The van der Waals surface area contributed by atoms with Crippen molar-refractivity contribution in [3.8, 4) is 22.9 Å². The molecule has 8 heteroatoms. The quantitative estimate of drug-likeness (QED) is 0.536. The molecule has 31 heavy (non-hydrogen) atoms. The molecular weight excluding hydrogens is 394 g/mol. The van der Waals surface area contributed by atoms with Crippen molar-refractivity contribution in [3.63, 3.8) is 0 Å². The number of carbonyl (C=O) groups excluding carboxylic acids is 1. The number of rotatable bonds is 5. The van der Waals surface area contributed by atoms with Gasteiger partial charge in [-0.25, -0.2) is 9.50 Å². The van der Waals surface area contributed by atoms with Crippen LogP contribution in [0.15, 0.2) is 54.7 Å². The number of amides is 1. The Morgan fingerprint density at radius 2 is 1.97 bits per heavy atom. The summed E-state index contributed by atoms with van der Waals surface area (Å²) in [6.45, 7) is 4.70. The van der Waals surface area contributed by atoms with Crippen molar-refractivity contribution in [3.05, 3.63) is 71.7 Å². The third kappa shape index (κ3) is 3.68. The first-order valence-electron chi connectivity index (χ1n) is 10.1. The van der Waals surface area contributed by atoms with Crippen LogP contribution in [0.3, 0.4) is 0 Å². The lowest BCUT2D eigenvalue weighted by Gasteiger charge is -2.11. The monoisotopic (exact) mass is 415 g/mol.